The van der Waals surface area contributed by atoms with Crippen LogP contribution in [-0.2, 0) is 22.9 Å². The number of imidazole rings is 1. The third kappa shape index (κ3) is 2.20. The molecule has 0 saturated heterocycles. The van der Waals surface area contributed by atoms with E-state index in [0.717, 1.165) is 16.9 Å². The molecular weight excluding hydrogens is 254 g/mol. The van der Waals surface area contributed by atoms with E-state index in [-0.39, 0.29) is 5.75 Å². The molecule has 0 amide bonds. The van der Waals surface area contributed by atoms with E-state index in [9.17, 15) is 8.42 Å². The number of nitrogens with zero attached hydrogens (tertiary/aromatic N) is 4. The zero-order valence-electron chi connectivity index (χ0n) is 10.7. The Labute approximate surface area is 106 Å². The van der Waals surface area contributed by atoms with Gasteiger partial charge in [0.05, 0.1) is 11.4 Å². The molecule has 0 radical (unpaired) electrons. The van der Waals surface area contributed by atoms with Crippen LogP contribution in [0.5, 0.6) is 0 Å². The van der Waals surface area contributed by atoms with Crippen LogP contribution >= 0.6 is 0 Å². The summed E-state index contributed by atoms with van der Waals surface area (Å²) in [5, 5.41) is 4.34. The first kappa shape index (κ1) is 12.9. The average Bonchev–Trinajstić information content (AvgIpc) is 2.73. The Kier molecular flexibility index (Phi) is 3.05. The highest BCUT2D eigenvalue weighted by Gasteiger charge is 2.17. The van der Waals surface area contributed by atoms with Crippen LogP contribution < -0.4 is 5.73 Å². The minimum Gasteiger partial charge on any atom is -0.369 e. The molecule has 0 fully saturated rings. The van der Waals surface area contributed by atoms with Crippen molar-refractivity contribution in [2.24, 2.45) is 0 Å². The third-order valence-electron chi connectivity index (χ3n) is 2.81. The molecule has 8 heteroatoms. The summed E-state index contributed by atoms with van der Waals surface area (Å²) in [6.45, 7) is 4.82. The van der Waals surface area contributed by atoms with Crippen molar-refractivity contribution >= 4 is 26.9 Å². The molecule has 2 heterocycles. The van der Waals surface area contributed by atoms with Gasteiger partial charge in [0.1, 0.15) is 15.4 Å². The Bertz CT molecular complexity index is 683. The number of aryl methyl sites for hydroxylation is 3. The molecule has 18 heavy (non-hydrogen) atoms. The van der Waals surface area contributed by atoms with Gasteiger partial charge < -0.3 is 5.73 Å². The topological polar surface area (TPSA) is 95.8 Å². The molecule has 100 valence electrons. The molecule has 2 aromatic heterocycles. The van der Waals surface area contributed by atoms with Crippen molar-refractivity contribution in [3.05, 3.63) is 5.69 Å². The minimum atomic E-state index is -3.03. The lowest BCUT2D eigenvalue weighted by molar-refractivity contribution is 0.593. The molecule has 0 saturated carbocycles. The van der Waals surface area contributed by atoms with Crippen LogP contribution in [-0.4, -0.2) is 39.8 Å². The number of fused-ring (bicyclic) bond motifs is 1. The lowest BCUT2D eigenvalue weighted by atomic mass is 10.4. The SMILES string of the molecule is CCn1nc(C)c2nc(N)n(CCS(C)(=O)=O)c21. The summed E-state index contributed by atoms with van der Waals surface area (Å²) in [7, 11) is -3.03. The molecule has 2 rings (SSSR count). The molecule has 2 N–H and O–H groups in total. The fourth-order valence-electron chi connectivity index (χ4n) is 1.94. The molecule has 7 nitrogen and oxygen atoms in total. The van der Waals surface area contributed by atoms with Gasteiger partial charge in [0, 0.05) is 19.3 Å². The summed E-state index contributed by atoms with van der Waals surface area (Å²) in [6, 6.07) is 0. The molecule has 0 bridgehead atoms. The van der Waals surface area contributed by atoms with Crippen molar-refractivity contribution in [2.45, 2.75) is 26.9 Å². The largest absolute Gasteiger partial charge is 0.369 e. The van der Waals surface area contributed by atoms with Crippen LogP contribution in [0.15, 0.2) is 0 Å². The van der Waals surface area contributed by atoms with Crippen molar-refractivity contribution in [2.75, 3.05) is 17.7 Å². The van der Waals surface area contributed by atoms with Crippen LogP contribution in [0.4, 0.5) is 5.95 Å². The number of rotatable bonds is 4. The summed E-state index contributed by atoms with van der Waals surface area (Å²) in [6.07, 6.45) is 1.21. The summed E-state index contributed by atoms with van der Waals surface area (Å²) >= 11 is 0. The molecular formula is C10H17N5O2S. The normalized spacial score (nSPS) is 12.4. The van der Waals surface area contributed by atoms with E-state index >= 15 is 0 Å². The summed E-state index contributed by atoms with van der Waals surface area (Å²) in [4.78, 5) is 4.24. The highest BCUT2D eigenvalue weighted by atomic mass is 32.2. The maximum atomic E-state index is 11.2. The average molecular weight is 271 g/mol. The van der Waals surface area contributed by atoms with E-state index in [0.29, 0.717) is 19.0 Å². The van der Waals surface area contributed by atoms with Crippen molar-refractivity contribution in [3.63, 3.8) is 0 Å². The first-order chi connectivity index (χ1) is 8.33. The molecule has 0 atom stereocenters. The number of anilines is 1. The second kappa shape index (κ2) is 4.27. The summed E-state index contributed by atoms with van der Waals surface area (Å²) in [5.41, 5.74) is 8.16. The lowest BCUT2D eigenvalue weighted by Crippen LogP contribution is -2.15. The Morgan fingerprint density at radius 2 is 2.06 bits per heavy atom. The number of aromatic nitrogens is 4. The molecule has 0 aromatic carbocycles. The Hall–Kier alpha value is -1.57. The molecule has 2 aromatic rings. The van der Waals surface area contributed by atoms with Gasteiger partial charge in [0.15, 0.2) is 5.65 Å². The molecule has 0 aliphatic heterocycles. The second-order valence-electron chi connectivity index (χ2n) is 4.32. The molecule has 0 spiro atoms. The third-order valence-corrected chi connectivity index (χ3v) is 3.74. The number of hydrogen-bond donors (Lipinski definition) is 1. The van der Waals surface area contributed by atoms with Gasteiger partial charge in [-0.05, 0) is 13.8 Å². The van der Waals surface area contributed by atoms with E-state index < -0.39 is 9.84 Å². The standard InChI is InChI=1S/C10H17N5O2S/c1-4-15-9-8(7(2)13-15)12-10(11)14(9)5-6-18(3,16)17/h4-6H2,1-3H3,(H2,11,12). The number of hydrogen-bond acceptors (Lipinski definition) is 5. The van der Waals surface area contributed by atoms with Crippen LogP contribution in [0.1, 0.15) is 12.6 Å². The molecule has 0 aliphatic carbocycles. The summed E-state index contributed by atoms with van der Waals surface area (Å²) < 4.78 is 26.0. The molecule has 0 aliphatic rings. The number of sulfone groups is 1. The molecule has 0 unspecified atom stereocenters. The first-order valence-electron chi connectivity index (χ1n) is 5.70. The predicted octanol–water partition coefficient (Wildman–Crippen LogP) is 0.188. The van der Waals surface area contributed by atoms with Gasteiger partial charge in [-0.1, -0.05) is 0 Å². The minimum absolute atomic E-state index is 0.0383. The smallest absolute Gasteiger partial charge is 0.202 e. The van der Waals surface area contributed by atoms with Crippen molar-refractivity contribution < 1.29 is 8.42 Å². The van der Waals surface area contributed by atoms with E-state index in [2.05, 4.69) is 10.1 Å². The maximum absolute atomic E-state index is 11.2. The van der Waals surface area contributed by atoms with Crippen LogP contribution in [0.3, 0.4) is 0 Å². The maximum Gasteiger partial charge on any atom is 0.202 e. The van der Waals surface area contributed by atoms with Crippen molar-refractivity contribution in [1.82, 2.24) is 19.3 Å². The summed E-state index contributed by atoms with van der Waals surface area (Å²) in [5.74, 6) is 0.368. The van der Waals surface area contributed by atoms with E-state index in [1.165, 1.54) is 6.26 Å². The highest BCUT2D eigenvalue weighted by molar-refractivity contribution is 7.90. The lowest BCUT2D eigenvalue weighted by Gasteiger charge is -2.06. The van der Waals surface area contributed by atoms with Gasteiger partial charge >= 0.3 is 0 Å². The van der Waals surface area contributed by atoms with Gasteiger partial charge in [0.2, 0.25) is 5.95 Å². The van der Waals surface area contributed by atoms with Gasteiger partial charge in [-0.2, -0.15) is 5.10 Å². The fraction of sp³-hybridized carbons (Fsp3) is 0.600. The highest BCUT2D eigenvalue weighted by Crippen LogP contribution is 2.21. The Morgan fingerprint density at radius 1 is 1.39 bits per heavy atom. The number of nitrogen functional groups attached to an aromatic ring is 1. The fourth-order valence-corrected chi connectivity index (χ4v) is 2.45. The van der Waals surface area contributed by atoms with Gasteiger partial charge in [-0.3, -0.25) is 4.57 Å². The zero-order chi connectivity index (χ0) is 13.5. The van der Waals surface area contributed by atoms with Crippen molar-refractivity contribution in [3.8, 4) is 0 Å². The Morgan fingerprint density at radius 3 is 2.61 bits per heavy atom. The second-order valence-corrected chi connectivity index (χ2v) is 6.58. The van der Waals surface area contributed by atoms with Crippen molar-refractivity contribution in [1.29, 1.82) is 0 Å². The zero-order valence-corrected chi connectivity index (χ0v) is 11.5. The quantitative estimate of drug-likeness (QED) is 0.856. The monoisotopic (exact) mass is 271 g/mol. The van der Waals surface area contributed by atoms with E-state index in [1.807, 2.05) is 13.8 Å². The van der Waals surface area contributed by atoms with Crippen LogP contribution in [0.25, 0.3) is 11.2 Å². The Balaban J connectivity index is 2.52. The van der Waals surface area contributed by atoms with Gasteiger partial charge in [-0.15, -0.1) is 0 Å². The number of nitrogens with two attached hydrogens (primary N) is 1. The van der Waals surface area contributed by atoms with Crippen LogP contribution in [0.2, 0.25) is 0 Å². The predicted molar refractivity (Wildman–Crippen MR) is 70.1 cm³/mol. The van der Waals surface area contributed by atoms with E-state index in [1.54, 1.807) is 9.25 Å². The van der Waals surface area contributed by atoms with Crippen LogP contribution in [0, 0.1) is 6.92 Å². The van der Waals surface area contributed by atoms with Gasteiger partial charge in [-0.25, -0.2) is 18.1 Å². The van der Waals surface area contributed by atoms with E-state index in [4.69, 9.17) is 5.73 Å². The first-order valence-corrected chi connectivity index (χ1v) is 7.76. The van der Waals surface area contributed by atoms with Gasteiger partial charge in [0.25, 0.3) is 0 Å².